The first kappa shape index (κ1) is 14.2. The third kappa shape index (κ3) is 2.86. The molecule has 0 unspecified atom stereocenters. The predicted octanol–water partition coefficient (Wildman–Crippen LogP) is 3.11. The van der Waals surface area contributed by atoms with E-state index in [1.165, 1.54) is 0 Å². The van der Waals surface area contributed by atoms with Crippen LogP contribution in [0.1, 0.15) is 17.0 Å². The van der Waals surface area contributed by atoms with Crippen molar-refractivity contribution in [3.05, 3.63) is 45.2 Å². The molecule has 1 heterocycles. The van der Waals surface area contributed by atoms with E-state index in [0.717, 1.165) is 11.4 Å². The number of para-hydroxylation sites is 1. The maximum atomic E-state index is 9.27. The van der Waals surface area contributed by atoms with Crippen LogP contribution in [0.15, 0.2) is 18.2 Å². The van der Waals surface area contributed by atoms with Crippen molar-refractivity contribution in [1.29, 1.82) is 0 Å². The van der Waals surface area contributed by atoms with Crippen molar-refractivity contribution >= 4 is 23.2 Å². The standard InChI is InChI=1S/C13H14Cl2N2O2/c1-8-12(15)11(17(2)16-8)7-19-13-9(6-18)4-3-5-10(13)14/h3-5,18H,6-7H2,1-2H3. The zero-order chi connectivity index (χ0) is 14.0. The molecule has 0 bridgehead atoms. The summed E-state index contributed by atoms with van der Waals surface area (Å²) in [6.45, 7) is 1.95. The number of halogens is 2. The van der Waals surface area contributed by atoms with Gasteiger partial charge in [0.25, 0.3) is 0 Å². The number of ether oxygens (including phenoxy) is 1. The maximum Gasteiger partial charge on any atom is 0.143 e. The van der Waals surface area contributed by atoms with Crippen LogP contribution < -0.4 is 4.74 Å². The molecule has 1 aromatic carbocycles. The average molecular weight is 301 g/mol. The van der Waals surface area contributed by atoms with Crippen molar-refractivity contribution in [3.8, 4) is 5.75 Å². The van der Waals surface area contributed by atoms with E-state index in [1.807, 2.05) is 6.92 Å². The molecule has 0 aliphatic heterocycles. The second kappa shape index (κ2) is 5.82. The molecule has 0 amide bonds. The van der Waals surface area contributed by atoms with Crippen LogP contribution in [0.25, 0.3) is 0 Å². The van der Waals surface area contributed by atoms with Gasteiger partial charge in [-0.2, -0.15) is 5.10 Å². The fourth-order valence-corrected chi connectivity index (χ4v) is 2.28. The van der Waals surface area contributed by atoms with Crippen molar-refractivity contribution in [2.45, 2.75) is 20.1 Å². The number of nitrogens with zero attached hydrogens (tertiary/aromatic N) is 2. The summed E-state index contributed by atoms with van der Waals surface area (Å²) in [4.78, 5) is 0. The Balaban J connectivity index is 2.24. The first-order valence-electron chi connectivity index (χ1n) is 5.73. The van der Waals surface area contributed by atoms with Crippen LogP contribution in [-0.4, -0.2) is 14.9 Å². The van der Waals surface area contributed by atoms with Crippen LogP contribution in [-0.2, 0) is 20.3 Å². The topological polar surface area (TPSA) is 47.3 Å². The molecule has 102 valence electrons. The van der Waals surface area contributed by atoms with Crippen LogP contribution in [0.5, 0.6) is 5.75 Å². The number of rotatable bonds is 4. The van der Waals surface area contributed by atoms with Gasteiger partial charge in [0.05, 0.1) is 28.0 Å². The molecule has 6 heteroatoms. The molecule has 1 aromatic heterocycles. The molecular formula is C13H14Cl2N2O2. The fourth-order valence-electron chi connectivity index (χ4n) is 1.82. The average Bonchev–Trinajstić information content (AvgIpc) is 2.62. The van der Waals surface area contributed by atoms with E-state index in [1.54, 1.807) is 29.9 Å². The minimum atomic E-state index is -0.131. The van der Waals surface area contributed by atoms with Crippen molar-refractivity contribution in [2.75, 3.05) is 0 Å². The summed E-state index contributed by atoms with van der Waals surface area (Å²) in [5.74, 6) is 0.474. The first-order chi connectivity index (χ1) is 9.04. The second-order valence-corrected chi connectivity index (χ2v) is 4.93. The smallest absolute Gasteiger partial charge is 0.143 e. The summed E-state index contributed by atoms with van der Waals surface area (Å²) in [7, 11) is 1.80. The van der Waals surface area contributed by atoms with Crippen molar-refractivity contribution < 1.29 is 9.84 Å². The summed E-state index contributed by atoms with van der Waals surface area (Å²) < 4.78 is 7.36. The third-order valence-electron chi connectivity index (χ3n) is 2.83. The summed E-state index contributed by atoms with van der Waals surface area (Å²) in [6, 6.07) is 5.24. The van der Waals surface area contributed by atoms with Gasteiger partial charge in [-0.1, -0.05) is 35.3 Å². The summed E-state index contributed by atoms with van der Waals surface area (Å²) in [5, 5.41) is 14.5. The van der Waals surface area contributed by atoms with Crippen LogP contribution in [0.4, 0.5) is 0 Å². The molecule has 0 saturated heterocycles. The highest BCUT2D eigenvalue weighted by Crippen LogP contribution is 2.30. The zero-order valence-corrected chi connectivity index (χ0v) is 12.2. The molecule has 0 radical (unpaired) electrons. The van der Waals surface area contributed by atoms with Crippen molar-refractivity contribution in [2.24, 2.45) is 7.05 Å². The van der Waals surface area contributed by atoms with Gasteiger partial charge in [-0.05, 0) is 13.0 Å². The van der Waals surface area contributed by atoms with Crippen LogP contribution in [0, 0.1) is 6.92 Å². The number of aromatic nitrogens is 2. The predicted molar refractivity (Wildman–Crippen MR) is 74.7 cm³/mol. The molecule has 2 aromatic rings. The Morgan fingerprint density at radius 1 is 1.37 bits per heavy atom. The minimum Gasteiger partial charge on any atom is -0.485 e. The van der Waals surface area contributed by atoms with Gasteiger partial charge in [0.1, 0.15) is 12.4 Å². The number of aliphatic hydroxyl groups is 1. The quantitative estimate of drug-likeness (QED) is 0.944. The molecule has 0 aliphatic carbocycles. The molecule has 0 atom stereocenters. The Kier molecular flexibility index (Phi) is 4.34. The highest BCUT2D eigenvalue weighted by molar-refractivity contribution is 6.32. The Labute approximate surface area is 121 Å². The molecule has 1 N–H and O–H groups in total. The van der Waals surface area contributed by atoms with Gasteiger partial charge in [0.15, 0.2) is 0 Å². The summed E-state index contributed by atoms with van der Waals surface area (Å²) in [5.41, 5.74) is 2.16. The van der Waals surface area contributed by atoms with E-state index in [0.29, 0.717) is 21.4 Å². The van der Waals surface area contributed by atoms with Gasteiger partial charge in [-0.15, -0.1) is 0 Å². The van der Waals surface area contributed by atoms with Gasteiger partial charge in [0.2, 0.25) is 0 Å². The summed E-state index contributed by atoms with van der Waals surface area (Å²) >= 11 is 12.2. The van der Waals surface area contributed by atoms with Gasteiger partial charge in [-0.3, -0.25) is 4.68 Å². The van der Waals surface area contributed by atoms with Crippen LogP contribution in [0.2, 0.25) is 10.0 Å². The SMILES string of the molecule is Cc1nn(C)c(COc2c(Cl)cccc2CO)c1Cl. The van der Waals surface area contributed by atoms with E-state index in [-0.39, 0.29) is 13.2 Å². The molecule has 4 nitrogen and oxygen atoms in total. The highest BCUT2D eigenvalue weighted by atomic mass is 35.5. The monoisotopic (exact) mass is 300 g/mol. The largest absolute Gasteiger partial charge is 0.485 e. The molecule has 0 fully saturated rings. The highest BCUT2D eigenvalue weighted by Gasteiger charge is 2.14. The second-order valence-electron chi connectivity index (χ2n) is 4.14. The van der Waals surface area contributed by atoms with E-state index in [4.69, 9.17) is 27.9 Å². The molecule has 0 aliphatic rings. The van der Waals surface area contributed by atoms with E-state index in [9.17, 15) is 5.11 Å². The minimum absolute atomic E-state index is 0.131. The zero-order valence-electron chi connectivity index (χ0n) is 10.7. The van der Waals surface area contributed by atoms with Crippen molar-refractivity contribution in [3.63, 3.8) is 0 Å². The van der Waals surface area contributed by atoms with Crippen LogP contribution in [0.3, 0.4) is 0 Å². The lowest BCUT2D eigenvalue weighted by atomic mass is 10.2. The van der Waals surface area contributed by atoms with Gasteiger partial charge in [-0.25, -0.2) is 0 Å². The number of aryl methyl sites for hydroxylation is 2. The lowest BCUT2D eigenvalue weighted by Gasteiger charge is -2.12. The van der Waals surface area contributed by atoms with E-state index in [2.05, 4.69) is 5.10 Å². The Bertz CT molecular complexity index is 597. The lowest BCUT2D eigenvalue weighted by molar-refractivity contribution is 0.255. The normalized spacial score (nSPS) is 10.8. The lowest BCUT2D eigenvalue weighted by Crippen LogP contribution is -2.05. The molecule has 19 heavy (non-hydrogen) atoms. The van der Waals surface area contributed by atoms with E-state index < -0.39 is 0 Å². The Morgan fingerprint density at radius 3 is 2.68 bits per heavy atom. The molecule has 0 saturated carbocycles. The van der Waals surface area contributed by atoms with Crippen molar-refractivity contribution in [1.82, 2.24) is 9.78 Å². The van der Waals surface area contributed by atoms with Gasteiger partial charge in [0, 0.05) is 12.6 Å². The van der Waals surface area contributed by atoms with Gasteiger partial charge < -0.3 is 9.84 Å². The Hall–Kier alpha value is -1.23. The van der Waals surface area contributed by atoms with Gasteiger partial charge >= 0.3 is 0 Å². The fraction of sp³-hybridized carbons (Fsp3) is 0.308. The number of benzene rings is 1. The molecule has 2 rings (SSSR count). The molecule has 0 spiro atoms. The van der Waals surface area contributed by atoms with Crippen LogP contribution >= 0.6 is 23.2 Å². The Morgan fingerprint density at radius 2 is 2.11 bits per heavy atom. The number of aliphatic hydroxyl groups excluding tert-OH is 1. The first-order valence-corrected chi connectivity index (χ1v) is 6.49. The number of hydrogen-bond donors (Lipinski definition) is 1. The molecular weight excluding hydrogens is 287 g/mol. The number of hydrogen-bond acceptors (Lipinski definition) is 3. The third-order valence-corrected chi connectivity index (χ3v) is 3.62. The maximum absolute atomic E-state index is 9.27. The van der Waals surface area contributed by atoms with E-state index >= 15 is 0 Å². The summed E-state index contributed by atoms with van der Waals surface area (Å²) in [6.07, 6.45) is 0.